The number of nitrogens with one attached hydrogen (secondary N) is 1. The minimum absolute atomic E-state index is 0.0983. The molecule has 114 valence electrons. The van der Waals surface area contributed by atoms with Crippen molar-refractivity contribution in [2.75, 3.05) is 18.4 Å². The van der Waals surface area contributed by atoms with Crippen LogP contribution in [-0.2, 0) is 9.59 Å². The maximum atomic E-state index is 13.5. The van der Waals surface area contributed by atoms with Gasteiger partial charge in [-0.2, -0.15) is 0 Å². The number of urea groups is 1. The Hall–Kier alpha value is -2.23. The van der Waals surface area contributed by atoms with Crippen LogP contribution in [0.15, 0.2) is 16.6 Å². The average molecular weight is 366 g/mol. The van der Waals surface area contributed by atoms with E-state index in [0.29, 0.717) is 11.0 Å². The highest BCUT2D eigenvalue weighted by Crippen LogP contribution is 2.23. The van der Waals surface area contributed by atoms with Crippen LogP contribution in [0.25, 0.3) is 0 Å². The van der Waals surface area contributed by atoms with E-state index in [1.807, 2.05) is 5.32 Å². The van der Waals surface area contributed by atoms with Crippen LogP contribution >= 0.6 is 15.9 Å². The summed E-state index contributed by atoms with van der Waals surface area (Å²) in [6.07, 6.45) is 0. The number of halogens is 3. The van der Waals surface area contributed by atoms with Crippen LogP contribution in [0.4, 0.5) is 19.3 Å². The smallest absolute Gasteiger partial charge is 0.323 e. The van der Waals surface area contributed by atoms with Crippen LogP contribution in [0.1, 0.15) is 0 Å². The number of aliphatic carboxylic acids is 1. The van der Waals surface area contributed by atoms with E-state index < -0.39 is 42.6 Å². The number of carbonyl (C=O) groups is 3. The fraction of sp³-hybridized carbons (Fsp3) is 0.182. The highest BCUT2D eigenvalue weighted by Gasteiger charge is 2.20. The second-order valence-electron chi connectivity index (χ2n) is 3.89. The Labute approximate surface area is 125 Å². The number of carbonyl (C=O) groups excluding carboxylic acids is 2. The van der Waals surface area contributed by atoms with Crippen LogP contribution in [0.5, 0.6) is 0 Å². The minimum Gasteiger partial charge on any atom is -0.480 e. The SMILES string of the molecule is NC(=O)CN(CC(=O)O)C(=O)Nc1cc(Br)c(F)cc1F. The molecule has 0 aliphatic heterocycles. The molecule has 4 N–H and O–H groups in total. The Kier molecular flexibility index (Phi) is 5.59. The number of amides is 3. The van der Waals surface area contributed by atoms with Gasteiger partial charge in [0.2, 0.25) is 5.91 Å². The number of hydrogen-bond acceptors (Lipinski definition) is 3. The van der Waals surface area contributed by atoms with E-state index in [-0.39, 0.29) is 10.2 Å². The van der Waals surface area contributed by atoms with E-state index in [0.717, 1.165) is 6.07 Å². The van der Waals surface area contributed by atoms with E-state index in [2.05, 4.69) is 15.9 Å². The lowest BCUT2D eigenvalue weighted by atomic mass is 10.3. The average Bonchev–Trinajstić information content (AvgIpc) is 2.33. The van der Waals surface area contributed by atoms with Crippen molar-refractivity contribution in [1.29, 1.82) is 0 Å². The number of rotatable bonds is 5. The van der Waals surface area contributed by atoms with Crippen LogP contribution in [-0.4, -0.2) is 41.0 Å². The zero-order valence-electron chi connectivity index (χ0n) is 10.4. The summed E-state index contributed by atoms with van der Waals surface area (Å²) in [6, 6.07) is 0.440. The Bertz CT molecular complexity index is 581. The summed E-state index contributed by atoms with van der Waals surface area (Å²) in [4.78, 5) is 33.8. The molecule has 0 saturated heterocycles. The first kappa shape index (κ1) is 16.8. The van der Waals surface area contributed by atoms with Gasteiger partial charge in [-0.05, 0) is 22.0 Å². The van der Waals surface area contributed by atoms with Crippen LogP contribution in [0.2, 0.25) is 0 Å². The molecule has 0 unspecified atom stereocenters. The number of anilines is 1. The lowest BCUT2D eigenvalue weighted by Crippen LogP contribution is -2.43. The third-order valence-electron chi connectivity index (χ3n) is 2.21. The van der Waals surface area contributed by atoms with Gasteiger partial charge < -0.3 is 21.1 Å². The van der Waals surface area contributed by atoms with Gasteiger partial charge in [-0.25, -0.2) is 13.6 Å². The van der Waals surface area contributed by atoms with Gasteiger partial charge in [0.15, 0.2) is 0 Å². The van der Waals surface area contributed by atoms with E-state index in [4.69, 9.17) is 10.8 Å². The molecule has 1 aromatic carbocycles. The predicted molar refractivity (Wildman–Crippen MR) is 71.5 cm³/mol. The molecule has 3 amide bonds. The number of nitrogens with zero attached hydrogens (tertiary/aromatic N) is 1. The van der Waals surface area contributed by atoms with E-state index in [1.54, 1.807) is 0 Å². The van der Waals surface area contributed by atoms with E-state index in [1.165, 1.54) is 0 Å². The summed E-state index contributed by atoms with van der Waals surface area (Å²) in [5.74, 6) is -4.25. The first-order chi connectivity index (χ1) is 9.70. The molecule has 1 rings (SSSR count). The van der Waals surface area contributed by atoms with Crippen molar-refractivity contribution in [1.82, 2.24) is 4.90 Å². The highest BCUT2D eigenvalue weighted by atomic mass is 79.9. The van der Waals surface area contributed by atoms with Crippen molar-refractivity contribution in [2.24, 2.45) is 5.73 Å². The number of hydrogen-bond donors (Lipinski definition) is 3. The Morgan fingerprint density at radius 1 is 1.24 bits per heavy atom. The normalized spacial score (nSPS) is 10.0. The van der Waals surface area contributed by atoms with Crippen molar-refractivity contribution in [2.45, 2.75) is 0 Å². The second kappa shape index (κ2) is 6.97. The lowest BCUT2D eigenvalue weighted by molar-refractivity contribution is -0.137. The Morgan fingerprint density at radius 3 is 2.38 bits per heavy atom. The molecule has 0 aromatic heterocycles. The summed E-state index contributed by atoms with van der Waals surface area (Å²) < 4.78 is 26.4. The monoisotopic (exact) mass is 365 g/mol. The van der Waals surface area contributed by atoms with Gasteiger partial charge in [-0.15, -0.1) is 0 Å². The summed E-state index contributed by atoms with van der Waals surface area (Å²) in [5.41, 5.74) is 4.51. The maximum absolute atomic E-state index is 13.5. The summed E-state index contributed by atoms with van der Waals surface area (Å²) in [6.45, 7) is -1.47. The number of carboxylic acids is 1. The molecule has 0 radical (unpaired) electrons. The van der Waals surface area contributed by atoms with Crippen molar-refractivity contribution < 1.29 is 28.3 Å². The Balaban J connectivity index is 2.93. The molecule has 1 aromatic rings. The number of primary amides is 1. The van der Waals surface area contributed by atoms with Gasteiger partial charge in [0.05, 0.1) is 10.2 Å². The molecular formula is C11H10BrF2N3O4. The fourth-order valence-corrected chi connectivity index (χ4v) is 1.71. The van der Waals surface area contributed by atoms with Gasteiger partial charge in [0.25, 0.3) is 0 Å². The molecule has 0 atom stereocenters. The van der Waals surface area contributed by atoms with Gasteiger partial charge >= 0.3 is 12.0 Å². The summed E-state index contributed by atoms with van der Waals surface area (Å²) >= 11 is 2.81. The van der Waals surface area contributed by atoms with Crippen molar-refractivity contribution in [3.8, 4) is 0 Å². The maximum Gasteiger partial charge on any atom is 0.323 e. The zero-order valence-corrected chi connectivity index (χ0v) is 12.0. The number of carboxylic acid groups (broad SMARTS) is 1. The van der Waals surface area contributed by atoms with Crippen molar-refractivity contribution >= 4 is 39.5 Å². The first-order valence-electron chi connectivity index (χ1n) is 5.41. The van der Waals surface area contributed by atoms with E-state index in [9.17, 15) is 23.2 Å². The standard InChI is InChI=1S/C11H10BrF2N3O4/c12-5-1-8(7(14)2-6(5)13)16-11(21)17(3-9(15)18)4-10(19)20/h1-2H,3-4H2,(H2,15,18)(H,16,21)(H,19,20). The number of benzene rings is 1. The van der Waals surface area contributed by atoms with Gasteiger partial charge in [0.1, 0.15) is 24.7 Å². The molecule has 7 nitrogen and oxygen atoms in total. The molecule has 0 bridgehead atoms. The zero-order chi connectivity index (χ0) is 16.2. The van der Waals surface area contributed by atoms with E-state index >= 15 is 0 Å². The molecular weight excluding hydrogens is 356 g/mol. The third-order valence-corrected chi connectivity index (χ3v) is 2.82. The molecule has 0 saturated carbocycles. The third kappa shape index (κ3) is 4.99. The van der Waals surface area contributed by atoms with Crippen molar-refractivity contribution in [3.63, 3.8) is 0 Å². The molecule has 0 fully saturated rings. The topological polar surface area (TPSA) is 113 Å². The molecule has 0 aliphatic carbocycles. The lowest BCUT2D eigenvalue weighted by Gasteiger charge is -2.19. The highest BCUT2D eigenvalue weighted by molar-refractivity contribution is 9.10. The molecule has 0 aliphatic rings. The van der Waals surface area contributed by atoms with Crippen molar-refractivity contribution in [3.05, 3.63) is 28.2 Å². The number of nitrogens with two attached hydrogens (primary N) is 1. The fourth-order valence-electron chi connectivity index (χ4n) is 1.36. The minimum atomic E-state index is -1.38. The second-order valence-corrected chi connectivity index (χ2v) is 4.75. The molecule has 21 heavy (non-hydrogen) atoms. The summed E-state index contributed by atoms with van der Waals surface area (Å²) in [5, 5.41) is 10.7. The van der Waals surface area contributed by atoms with Gasteiger partial charge in [-0.1, -0.05) is 0 Å². The summed E-state index contributed by atoms with van der Waals surface area (Å²) in [7, 11) is 0. The molecule has 0 spiro atoms. The molecule has 10 heteroatoms. The Morgan fingerprint density at radius 2 is 1.86 bits per heavy atom. The van der Waals surface area contributed by atoms with Crippen LogP contribution in [0.3, 0.4) is 0 Å². The van der Waals surface area contributed by atoms with Crippen LogP contribution in [0, 0.1) is 11.6 Å². The first-order valence-corrected chi connectivity index (χ1v) is 6.20. The quantitative estimate of drug-likeness (QED) is 0.678. The van der Waals surface area contributed by atoms with Gasteiger partial charge in [-0.3, -0.25) is 9.59 Å². The molecule has 0 heterocycles. The van der Waals surface area contributed by atoms with Gasteiger partial charge in [0, 0.05) is 6.07 Å². The predicted octanol–water partition coefficient (Wildman–Crippen LogP) is 1.13. The largest absolute Gasteiger partial charge is 0.480 e. The van der Waals surface area contributed by atoms with Crippen LogP contribution < -0.4 is 11.1 Å².